The third kappa shape index (κ3) is 6.80. The molecule has 0 saturated carbocycles. The summed E-state index contributed by atoms with van der Waals surface area (Å²) >= 11 is 1.36. The lowest BCUT2D eigenvalue weighted by Gasteiger charge is -2.34. The van der Waals surface area contributed by atoms with Crippen molar-refractivity contribution in [1.29, 1.82) is 0 Å². The first-order valence-corrected chi connectivity index (χ1v) is 11.7. The summed E-state index contributed by atoms with van der Waals surface area (Å²) in [4.78, 5) is 38.0. The molecule has 3 rings (SSSR count). The summed E-state index contributed by atoms with van der Waals surface area (Å²) in [5.74, 6) is 1.19. The van der Waals surface area contributed by atoms with Crippen molar-refractivity contribution in [1.82, 2.24) is 25.1 Å². The Morgan fingerprint density at radius 1 is 1.10 bits per heavy atom. The number of benzene rings is 1. The number of hydrogen-bond acceptors (Lipinski definition) is 7. The van der Waals surface area contributed by atoms with Crippen LogP contribution in [0.5, 0.6) is 0 Å². The van der Waals surface area contributed by atoms with Crippen LogP contribution in [0.2, 0.25) is 0 Å². The molecular weight excluding hydrogens is 412 g/mol. The first kappa shape index (κ1) is 23.3. The first-order chi connectivity index (χ1) is 14.7. The highest BCUT2D eigenvalue weighted by atomic mass is 32.2. The molecule has 1 fully saturated rings. The van der Waals surface area contributed by atoms with Crippen LogP contribution >= 0.6 is 11.8 Å². The average Bonchev–Trinajstić information content (AvgIpc) is 2.71. The van der Waals surface area contributed by atoms with Gasteiger partial charge >= 0.3 is 0 Å². The number of carbonyl (C=O) groups is 2. The summed E-state index contributed by atoms with van der Waals surface area (Å²) in [5, 5.41) is 7.84. The first-order valence-electron chi connectivity index (χ1n) is 10.7. The monoisotopic (exact) mass is 444 g/mol. The molecule has 2 aromatic rings. The maximum Gasteiger partial charge on any atom is 0.234 e. The second-order valence-electron chi connectivity index (χ2n) is 8.65. The summed E-state index contributed by atoms with van der Waals surface area (Å²) in [5.41, 5.74) is 0.634. The van der Waals surface area contributed by atoms with E-state index in [1.165, 1.54) is 11.8 Å². The number of carbonyl (C=O) groups excluding carboxylic acids is 2. The molecule has 2 N–H and O–H groups in total. The number of rotatable bonds is 7. The van der Waals surface area contributed by atoms with Crippen LogP contribution in [-0.2, 0) is 9.59 Å². The normalized spacial score (nSPS) is 15.2. The second kappa shape index (κ2) is 10.3. The number of anilines is 1. The van der Waals surface area contributed by atoms with E-state index in [0.29, 0.717) is 43.6 Å². The van der Waals surface area contributed by atoms with Crippen molar-refractivity contribution in [3.05, 3.63) is 24.3 Å². The van der Waals surface area contributed by atoms with Crippen molar-refractivity contribution in [3.8, 4) is 0 Å². The summed E-state index contributed by atoms with van der Waals surface area (Å²) in [6.07, 6.45) is 0. The van der Waals surface area contributed by atoms with Crippen LogP contribution in [0.15, 0.2) is 29.4 Å². The number of amides is 2. The van der Waals surface area contributed by atoms with Crippen LogP contribution in [-0.4, -0.2) is 82.1 Å². The van der Waals surface area contributed by atoms with Crippen LogP contribution in [0, 0.1) is 0 Å². The molecule has 1 saturated heterocycles. The molecule has 8 nitrogen and oxygen atoms in total. The number of nitrogens with zero attached hydrogens (tertiary/aromatic N) is 4. The van der Waals surface area contributed by atoms with Crippen molar-refractivity contribution in [2.45, 2.75) is 38.4 Å². The summed E-state index contributed by atoms with van der Waals surface area (Å²) in [6.45, 7) is 11.7. The Morgan fingerprint density at radius 3 is 2.48 bits per heavy atom. The van der Waals surface area contributed by atoms with Crippen LogP contribution in [0.25, 0.3) is 10.9 Å². The zero-order chi connectivity index (χ0) is 22.4. The lowest BCUT2D eigenvalue weighted by atomic mass is 10.1. The van der Waals surface area contributed by atoms with E-state index >= 15 is 0 Å². The van der Waals surface area contributed by atoms with Crippen LogP contribution in [0.1, 0.15) is 27.7 Å². The van der Waals surface area contributed by atoms with Crippen molar-refractivity contribution < 1.29 is 9.59 Å². The predicted octanol–water partition coefficient (Wildman–Crippen LogP) is 2.21. The second-order valence-corrected chi connectivity index (χ2v) is 9.59. The minimum absolute atomic E-state index is 0.0211. The Hall–Kier alpha value is -2.39. The van der Waals surface area contributed by atoms with Gasteiger partial charge in [-0.05, 0) is 39.8 Å². The fraction of sp³-hybridized carbons (Fsp3) is 0.545. The van der Waals surface area contributed by atoms with E-state index in [9.17, 15) is 9.59 Å². The van der Waals surface area contributed by atoms with Gasteiger partial charge in [-0.25, -0.2) is 9.97 Å². The Balaban J connectivity index is 1.51. The molecule has 2 amide bonds. The van der Waals surface area contributed by atoms with Gasteiger partial charge in [0.2, 0.25) is 11.8 Å². The minimum Gasteiger partial charge on any atom is -0.370 e. The molecule has 0 bridgehead atoms. The number of fused-ring (bicyclic) bond motifs is 1. The Morgan fingerprint density at radius 2 is 1.81 bits per heavy atom. The predicted molar refractivity (Wildman–Crippen MR) is 125 cm³/mol. The molecule has 1 aromatic carbocycles. The van der Waals surface area contributed by atoms with Gasteiger partial charge in [-0.3, -0.25) is 14.5 Å². The fourth-order valence-corrected chi connectivity index (χ4v) is 4.21. The number of piperazine rings is 1. The molecule has 0 spiro atoms. The van der Waals surface area contributed by atoms with Gasteiger partial charge in [-0.1, -0.05) is 23.9 Å². The molecule has 1 aliphatic heterocycles. The Bertz CT molecular complexity index is 922. The van der Waals surface area contributed by atoms with Gasteiger partial charge in [0.15, 0.2) is 5.16 Å². The third-order valence-electron chi connectivity index (χ3n) is 4.86. The van der Waals surface area contributed by atoms with Gasteiger partial charge in [-0.2, -0.15) is 0 Å². The highest BCUT2D eigenvalue weighted by Gasteiger charge is 2.24. The molecule has 2 heterocycles. The highest BCUT2D eigenvalue weighted by molar-refractivity contribution is 7.99. The molecule has 9 heteroatoms. The SMILES string of the molecule is CCNc1nc(SCC(=O)N2CCN(CC(=O)NC(C)(C)C)CC2)nc2ccccc12. The number of para-hydroxylation sites is 1. The van der Waals surface area contributed by atoms with E-state index < -0.39 is 0 Å². The zero-order valence-corrected chi connectivity index (χ0v) is 19.6. The Kier molecular flexibility index (Phi) is 7.72. The lowest BCUT2D eigenvalue weighted by Crippen LogP contribution is -2.53. The molecule has 1 aromatic heterocycles. The van der Waals surface area contributed by atoms with Gasteiger partial charge in [0.05, 0.1) is 17.8 Å². The van der Waals surface area contributed by atoms with Crippen molar-refractivity contribution in [2.24, 2.45) is 0 Å². The van der Waals surface area contributed by atoms with E-state index in [0.717, 1.165) is 23.3 Å². The van der Waals surface area contributed by atoms with Gasteiger partial charge < -0.3 is 15.5 Å². The summed E-state index contributed by atoms with van der Waals surface area (Å²) in [7, 11) is 0. The van der Waals surface area contributed by atoms with E-state index in [-0.39, 0.29) is 17.4 Å². The maximum absolute atomic E-state index is 12.7. The van der Waals surface area contributed by atoms with Gasteiger partial charge in [0.25, 0.3) is 0 Å². The zero-order valence-electron chi connectivity index (χ0n) is 18.8. The van der Waals surface area contributed by atoms with Crippen LogP contribution < -0.4 is 10.6 Å². The number of nitrogens with one attached hydrogen (secondary N) is 2. The van der Waals surface area contributed by atoms with Gasteiger partial charge in [0, 0.05) is 43.6 Å². The smallest absolute Gasteiger partial charge is 0.234 e. The van der Waals surface area contributed by atoms with Crippen LogP contribution in [0.4, 0.5) is 5.82 Å². The number of thioether (sulfide) groups is 1. The van der Waals surface area contributed by atoms with Crippen molar-refractivity contribution >= 4 is 40.3 Å². The van der Waals surface area contributed by atoms with Crippen molar-refractivity contribution in [3.63, 3.8) is 0 Å². The maximum atomic E-state index is 12.7. The largest absolute Gasteiger partial charge is 0.370 e. The van der Waals surface area contributed by atoms with Gasteiger partial charge in [-0.15, -0.1) is 0 Å². The number of hydrogen-bond donors (Lipinski definition) is 2. The summed E-state index contributed by atoms with van der Waals surface area (Å²) in [6, 6.07) is 7.87. The molecule has 0 radical (unpaired) electrons. The standard InChI is InChI=1S/C22H32N6O2S/c1-5-23-20-16-8-6-7-9-17(16)24-21(25-20)31-15-19(30)28-12-10-27(11-13-28)14-18(29)26-22(2,3)4/h6-9H,5,10-15H2,1-4H3,(H,26,29)(H,23,24,25). The Labute approximate surface area is 188 Å². The summed E-state index contributed by atoms with van der Waals surface area (Å²) < 4.78 is 0. The van der Waals surface area contributed by atoms with Crippen LogP contribution in [0.3, 0.4) is 0 Å². The molecule has 1 aliphatic rings. The average molecular weight is 445 g/mol. The van der Waals surface area contributed by atoms with E-state index in [1.807, 2.05) is 56.9 Å². The number of aromatic nitrogens is 2. The quantitative estimate of drug-likeness (QED) is 0.500. The molecular formula is C22H32N6O2S. The topological polar surface area (TPSA) is 90.5 Å². The molecule has 168 valence electrons. The lowest BCUT2D eigenvalue weighted by molar-refractivity contribution is -0.130. The van der Waals surface area contributed by atoms with Gasteiger partial charge in [0.1, 0.15) is 5.82 Å². The minimum atomic E-state index is -0.233. The molecule has 0 atom stereocenters. The van der Waals surface area contributed by atoms with E-state index in [1.54, 1.807) is 0 Å². The molecule has 0 unspecified atom stereocenters. The van der Waals surface area contributed by atoms with E-state index in [2.05, 4.69) is 25.5 Å². The van der Waals surface area contributed by atoms with Crippen molar-refractivity contribution in [2.75, 3.05) is 50.3 Å². The van der Waals surface area contributed by atoms with E-state index in [4.69, 9.17) is 0 Å². The molecule has 31 heavy (non-hydrogen) atoms. The molecule has 0 aliphatic carbocycles. The third-order valence-corrected chi connectivity index (χ3v) is 5.69. The highest BCUT2D eigenvalue weighted by Crippen LogP contribution is 2.24. The fourth-order valence-electron chi connectivity index (χ4n) is 3.46.